The molecule has 1 aromatic rings. The van der Waals surface area contributed by atoms with Gasteiger partial charge in [-0.3, -0.25) is 5.41 Å². The van der Waals surface area contributed by atoms with Crippen molar-refractivity contribution >= 4 is 17.5 Å². The molecule has 1 aliphatic carbocycles. The zero-order valence-corrected chi connectivity index (χ0v) is 9.34. The number of aromatic nitrogens is 1. The van der Waals surface area contributed by atoms with Gasteiger partial charge < -0.3 is 4.74 Å². The molecule has 1 aliphatic rings. The molecule has 0 atom stereocenters. The Kier molecular flexibility index (Phi) is 2.65. The largest absolute Gasteiger partial charge is 0.481 e. The molecule has 1 fully saturated rings. The smallest absolute Gasteiger partial charge is 0.191 e. The van der Waals surface area contributed by atoms with Crippen LogP contribution in [0.3, 0.4) is 0 Å². The lowest BCUT2D eigenvalue weighted by Crippen LogP contribution is -2.22. The van der Waals surface area contributed by atoms with Crippen molar-refractivity contribution in [2.45, 2.75) is 25.2 Å². The SMILES string of the molecule is CCOC(=N)C1(c2ccc(Cl)nc2)CC1. The van der Waals surface area contributed by atoms with Crippen molar-refractivity contribution in [1.82, 2.24) is 4.98 Å². The van der Waals surface area contributed by atoms with Gasteiger partial charge in [0.25, 0.3) is 0 Å². The van der Waals surface area contributed by atoms with Crippen molar-refractivity contribution in [2.24, 2.45) is 0 Å². The van der Waals surface area contributed by atoms with E-state index in [0.29, 0.717) is 17.7 Å². The van der Waals surface area contributed by atoms with E-state index in [4.69, 9.17) is 21.7 Å². The van der Waals surface area contributed by atoms with Crippen molar-refractivity contribution < 1.29 is 4.74 Å². The summed E-state index contributed by atoms with van der Waals surface area (Å²) in [6, 6.07) is 3.69. The topological polar surface area (TPSA) is 46.0 Å². The lowest BCUT2D eigenvalue weighted by molar-refractivity contribution is 0.305. The lowest BCUT2D eigenvalue weighted by Gasteiger charge is -2.16. The van der Waals surface area contributed by atoms with Crippen LogP contribution in [0.15, 0.2) is 18.3 Å². The van der Waals surface area contributed by atoms with E-state index in [-0.39, 0.29) is 5.41 Å². The van der Waals surface area contributed by atoms with Crippen LogP contribution in [0.5, 0.6) is 0 Å². The third-order valence-electron chi connectivity index (χ3n) is 2.75. The molecule has 0 aromatic carbocycles. The standard InChI is InChI=1S/C11H13ClN2O/c1-2-15-10(13)11(5-6-11)8-3-4-9(12)14-7-8/h3-4,7,13H,2,5-6H2,1H3. The summed E-state index contributed by atoms with van der Waals surface area (Å²) in [6.45, 7) is 2.44. The van der Waals surface area contributed by atoms with Crippen molar-refractivity contribution in [3.63, 3.8) is 0 Å². The predicted molar refractivity (Wildman–Crippen MR) is 59.5 cm³/mol. The number of halogens is 1. The number of hydrogen-bond donors (Lipinski definition) is 1. The van der Waals surface area contributed by atoms with Crippen LogP contribution >= 0.6 is 11.6 Å². The fourth-order valence-electron chi connectivity index (χ4n) is 1.71. The molecule has 1 N–H and O–H groups in total. The maximum atomic E-state index is 7.86. The van der Waals surface area contributed by atoms with E-state index in [1.54, 1.807) is 12.3 Å². The quantitative estimate of drug-likeness (QED) is 0.488. The highest BCUT2D eigenvalue weighted by atomic mass is 35.5. The predicted octanol–water partition coefficient (Wildman–Crippen LogP) is 2.78. The molecule has 1 saturated carbocycles. The highest BCUT2D eigenvalue weighted by Crippen LogP contribution is 2.49. The Morgan fingerprint density at radius 1 is 1.60 bits per heavy atom. The molecule has 0 radical (unpaired) electrons. The average Bonchev–Trinajstić information content (AvgIpc) is 3.00. The van der Waals surface area contributed by atoms with Crippen LogP contribution in [0, 0.1) is 5.41 Å². The molecule has 3 nitrogen and oxygen atoms in total. The molecule has 0 amide bonds. The Morgan fingerprint density at radius 2 is 2.33 bits per heavy atom. The summed E-state index contributed by atoms with van der Waals surface area (Å²) in [4.78, 5) is 4.04. The van der Waals surface area contributed by atoms with Gasteiger partial charge in [0.05, 0.1) is 12.0 Å². The van der Waals surface area contributed by atoms with Crippen molar-refractivity contribution in [3.05, 3.63) is 29.0 Å². The van der Waals surface area contributed by atoms with Crippen LogP contribution in [0.1, 0.15) is 25.3 Å². The van der Waals surface area contributed by atoms with Gasteiger partial charge in [-0.25, -0.2) is 4.98 Å². The molecule has 0 aliphatic heterocycles. The van der Waals surface area contributed by atoms with E-state index in [1.165, 1.54) is 0 Å². The minimum atomic E-state index is -0.215. The first-order valence-electron chi connectivity index (χ1n) is 5.03. The van der Waals surface area contributed by atoms with Gasteiger partial charge in [-0.15, -0.1) is 0 Å². The van der Waals surface area contributed by atoms with E-state index in [1.807, 2.05) is 13.0 Å². The first-order chi connectivity index (χ1) is 7.19. The maximum absolute atomic E-state index is 7.86. The zero-order chi connectivity index (χ0) is 10.9. The maximum Gasteiger partial charge on any atom is 0.191 e. The molecule has 0 bridgehead atoms. The molecule has 1 heterocycles. The Morgan fingerprint density at radius 3 is 2.80 bits per heavy atom. The summed E-state index contributed by atoms with van der Waals surface area (Å²) < 4.78 is 5.28. The second kappa shape index (κ2) is 3.81. The van der Waals surface area contributed by atoms with Gasteiger partial charge in [-0.05, 0) is 31.4 Å². The fourth-order valence-corrected chi connectivity index (χ4v) is 1.83. The number of pyridine rings is 1. The number of hydrogen-bond acceptors (Lipinski definition) is 3. The van der Waals surface area contributed by atoms with Gasteiger partial charge in [0, 0.05) is 6.20 Å². The molecule has 0 spiro atoms. The number of ether oxygens (including phenoxy) is 1. The molecule has 4 heteroatoms. The van der Waals surface area contributed by atoms with Crippen LogP contribution in [0.25, 0.3) is 0 Å². The van der Waals surface area contributed by atoms with Gasteiger partial charge in [0.2, 0.25) is 0 Å². The first kappa shape index (κ1) is 10.4. The fraction of sp³-hybridized carbons (Fsp3) is 0.455. The third kappa shape index (κ3) is 1.84. The summed E-state index contributed by atoms with van der Waals surface area (Å²) in [5.41, 5.74) is 0.818. The number of nitrogens with one attached hydrogen (secondary N) is 1. The van der Waals surface area contributed by atoms with Gasteiger partial charge >= 0.3 is 0 Å². The monoisotopic (exact) mass is 224 g/mol. The molecule has 0 saturated heterocycles. The summed E-state index contributed by atoms with van der Waals surface area (Å²) in [7, 11) is 0. The number of nitrogens with zero attached hydrogens (tertiary/aromatic N) is 1. The van der Waals surface area contributed by atoms with Gasteiger partial charge in [-0.1, -0.05) is 17.7 Å². The molecule has 15 heavy (non-hydrogen) atoms. The van der Waals surface area contributed by atoms with E-state index < -0.39 is 0 Å². The molecular weight excluding hydrogens is 212 g/mol. The third-order valence-corrected chi connectivity index (χ3v) is 2.98. The Labute approximate surface area is 93.9 Å². The van der Waals surface area contributed by atoms with Crippen LogP contribution in [0.2, 0.25) is 5.15 Å². The van der Waals surface area contributed by atoms with E-state index in [0.717, 1.165) is 18.4 Å². The minimum absolute atomic E-state index is 0.215. The van der Waals surface area contributed by atoms with Crippen molar-refractivity contribution in [1.29, 1.82) is 5.41 Å². The highest BCUT2D eigenvalue weighted by molar-refractivity contribution is 6.29. The Bertz CT molecular complexity index is 371. The second-order valence-corrected chi connectivity index (χ2v) is 4.10. The summed E-state index contributed by atoms with van der Waals surface area (Å²) >= 11 is 5.73. The first-order valence-corrected chi connectivity index (χ1v) is 5.41. The van der Waals surface area contributed by atoms with E-state index >= 15 is 0 Å². The Hall–Kier alpha value is -1.09. The van der Waals surface area contributed by atoms with Crippen LogP contribution in [-0.4, -0.2) is 17.5 Å². The minimum Gasteiger partial charge on any atom is -0.481 e. The summed E-state index contributed by atoms with van der Waals surface area (Å²) in [5.74, 6) is 0.356. The Balaban J connectivity index is 2.22. The molecule has 2 rings (SSSR count). The van der Waals surface area contributed by atoms with E-state index in [9.17, 15) is 0 Å². The van der Waals surface area contributed by atoms with E-state index in [2.05, 4.69) is 4.98 Å². The van der Waals surface area contributed by atoms with Crippen LogP contribution < -0.4 is 0 Å². The summed E-state index contributed by atoms with van der Waals surface area (Å²) in [5, 5.41) is 8.35. The normalized spacial score (nSPS) is 17.2. The van der Waals surface area contributed by atoms with Gasteiger partial charge in [0.15, 0.2) is 5.90 Å². The average molecular weight is 225 g/mol. The zero-order valence-electron chi connectivity index (χ0n) is 8.59. The van der Waals surface area contributed by atoms with Gasteiger partial charge in [-0.2, -0.15) is 0 Å². The van der Waals surface area contributed by atoms with Crippen molar-refractivity contribution in [2.75, 3.05) is 6.61 Å². The second-order valence-electron chi connectivity index (χ2n) is 3.71. The van der Waals surface area contributed by atoms with Crippen LogP contribution in [0.4, 0.5) is 0 Å². The molecule has 80 valence electrons. The van der Waals surface area contributed by atoms with Crippen LogP contribution in [-0.2, 0) is 10.2 Å². The van der Waals surface area contributed by atoms with Crippen molar-refractivity contribution in [3.8, 4) is 0 Å². The molecule has 1 aromatic heterocycles. The molecular formula is C11H13ClN2O. The summed E-state index contributed by atoms with van der Waals surface area (Å²) in [6.07, 6.45) is 3.67. The lowest BCUT2D eigenvalue weighted by atomic mass is 9.98. The highest BCUT2D eigenvalue weighted by Gasteiger charge is 2.50. The van der Waals surface area contributed by atoms with Gasteiger partial charge in [0.1, 0.15) is 5.15 Å². The molecule has 0 unspecified atom stereocenters. The number of rotatable bonds is 3.